The van der Waals surface area contributed by atoms with Crippen LogP contribution in [0.15, 0.2) is 42.5 Å². The van der Waals surface area contributed by atoms with Gasteiger partial charge in [-0.2, -0.15) is 13.2 Å². The van der Waals surface area contributed by atoms with Crippen LogP contribution >= 0.6 is 12.4 Å². The third-order valence-electron chi connectivity index (χ3n) is 5.65. The summed E-state index contributed by atoms with van der Waals surface area (Å²) in [4.78, 5) is 28.7. The Morgan fingerprint density at radius 1 is 1.15 bits per heavy atom. The van der Waals surface area contributed by atoms with Crippen molar-refractivity contribution in [2.75, 3.05) is 39.2 Å². The first-order valence-corrected chi connectivity index (χ1v) is 10.5. The van der Waals surface area contributed by atoms with E-state index in [4.69, 9.17) is 9.47 Å². The number of anilines is 1. The number of carbonyl (C=O) groups is 2. The molecule has 0 bridgehead atoms. The number of benzene rings is 2. The number of esters is 1. The second kappa shape index (κ2) is 11.1. The van der Waals surface area contributed by atoms with Gasteiger partial charge >= 0.3 is 12.1 Å². The summed E-state index contributed by atoms with van der Waals surface area (Å²) < 4.78 is 52.5. The van der Waals surface area contributed by atoms with Gasteiger partial charge in [-0.15, -0.1) is 12.4 Å². The Hall–Kier alpha value is -2.78. The number of halogens is 4. The second-order valence-electron chi connectivity index (χ2n) is 8.21. The predicted molar refractivity (Wildman–Crippen MR) is 125 cm³/mol. The van der Waals surface area contributed by atoms with E-state index >= 15 is 0 Å². The maximum absolute atomic E-state index is 14.0. The molecule has 0 aliphatic carbocycles. The number of carbonyl (C=O) groups excluding carboxylic acids is 2. The summed E-state index contributed by atoms with van der Waals surface area (Å²) >= 11 is 0. The number of alkyl halides is 3. The molecule has 1 amide bonds. The maximum Gasteiger partial charge on any atom is 0.416 e. The molecule has 1 heterocycles. The zero-order valence-electron chi connectivity index (χ0n) is 19.4. The minimum absolute atomic E-state index is 0. The first-order valence-electron chi connectivity index (χ1n) is 10.5. The third-order valence-corrected chi connectivity index (χ3v) is 5.65. The lowest BCUT2D eigenvalue weighted by Crippen LogP contribution is -2.45. The number of likely N-dealkylation sites (N-methyl/N-ethyl adjacent to an activating group) is 1. The number of fused-ring (bicyclic) bond motifs is 1. The number of rotatable bonds is 6. The highest BCUT2D eigenvalue weighted by atomic mass is 35.5. The van der Waals surface area contributed by atoms with E-state index in [9.17, 15) is 22.8 Å². The summed E-state index contributed by atoms with van der Waals surface area (Å²) in [6.07, 6.45) is -6.00. The average Bonchev–Trinajstić information content (AvgIpc) is 2.86. The SMILES string of the molecule is COc1ccc(C2Cc3c(cccc3C(F)(F)F)N(CCN(C)C)C(=O)C2OC(C)=O)cc1.Cl. The van der Waals surface area contributed by atoms with Gasteiger partial charge in [0, 0.05) is 31.6 Å². The van der Waals surface area contributed by atoms with E-state index in [2.05, 4.69) is 0 Å². The summed E-state index contributed by atoms with van der Waals surface area (Å²) in [5.41, 5.74) is -0.0326. The molecule has 6 nitrogen and oxygen atoms in total. The van der Waals surface area contributed by atoms with E-state index in [0.717, 1.165) is 6.07 Å². The van der Waals surface area contributed by atoms with E-state index in [1.807, 2.05) is 4.90 Å². The molecule has 3 rings (SSSR count). The molecule has 0 N–H and O–H groups in total. The van der Waals surface area contributed by atoms with Gasteiger partial charge in [0.25, 0.3) is 5.91 Å². The van der Waals surface area contributed by atoms with Crippen LogP contribution in [0, 0.1) is 0 Å². The minimum Gasteiger partial charge on any atom is -0.497 e. The Kier molecular flexibility index (Phi) is 8.96. The molecule has 0 fully saturated rings. The highest BCUT2D eigenvalue weighted by Gasteiger charge is 2.43. The zero-order valence-corrected chi connectivity index (χ0v) is 20.2. The highest BCUT2D eigenvalue weighted by molar-refractivity contribution is 6.00. The number of nitrogens with zero attached hydrogens (tertiary/aromatic N) is 2. The molecule has 0 aromatic heterocycles. The quantitative estimate of drug-likeness (QED) is 0.553. The number of ether oxygens (including phenoxy) is 2. The van der Waals surface area contributed by atoms with Gasteiger partial charge < -0.3 is 19.3 Å². The Labute approximate surface area is 203 Å². The average molecular weight is 501 g/mol. The van der Waals surface area contributed by atoms with Crippen molar-refractivity contribution in [3.8, 4) is 5.75 Å². The Morgan fingerprint density at radius 2 is 1.79 bits per heavy atom. The van der Waals surface area contributed by atoms with Crippen molar-refractivity contribution in [1.29, 1.82) is 0 Å². The number of hydrogen-bond donors (Lipinski definition) is 0. The summed E-state index contributed by atoms with van der Waals surface area (Å²) in [5.74, 6) is -1.47. The zero-order chi connectivity index (χ0) is 24.3. The molecular formula is C24H28ClF3N2O4. The van der Waals surface area contributed by atoms with Gasteiger partial charge in [0.2, 0.25) is 0 Å². The molecule has 0 radical (unpaired) electrons. The van der Waals surface area contributed by atoms with Crippen LogP contribution in [0.25, 0.3) is 0 Å². The van der Waals surface area contributed by atoms with Gasteiger partial charge in [-0.3, -0.25) is 9.59 Å². The summed E-state index contributed by atoms with van der Waals surface area (Å²) in [6.45, 7) is 1.75. The monoisotopic (exact) mass is 500 g/mol. The van der Waals surface area contributed by atoms with E-state index in [1.165, 1.54) is 31.1 Å². The summed E-state index contributed by atoms with van der Waals surface area (Å²) in [6, 6.07) is 10.5. The molecule has 2 atom stereocenters. The van der Waals surface area contributed by atoms with Crippen molar-refractivity contribution in [3.05, 3.63) is 59.2 Å². The Bertz CT molecular complexity index is 1010. The summed E-state index contributed by atoms with van der Waals surface area (Å²) in [5, 5.41) is 0. The molecule has 34 heavy (non-hydrogen) atoms. The molecule has 10 heteroatoms. The maximum atomic E-state index is 14.0. The van der Waals surface area contributed by atoms with Gasteiger partial charge in [0.15, 0.2) is 6.10 Å². The lowest BCUT2D eigenvalue weighted by molar-refractivity contribution is -0.154. The number of amides is 1. The Balaban J connectivity index is 0.00000408. The Morgan fingerprint density at radius 3 is 2.32 bits per heavy atom. The van der Waals surface area contributed by atoms with Crippen LogP contribution < -0.4 is 9.64 Å². The lowest BCUT2D eigenvalue weighted by Gasteiger charge is -2.29. The first-order chi connectivity index (χ1) is 15.5. The van der Waals surface area contributed by atoms with E-state index in [-0.39, 0.29) is 36.6 Å². The number of hydrogen-bond acceptors (Lipinski definition) is 5. The van der Waals surface area contributed by atoms with Crippen molar-refractivity contribution in [2.24, 2.45) is 0 Å². The molecule has 1 aliphatic rings. The molecule has 0 saturated carbocycles. The fourth-order valence-electron chi connectivity index (χ4n) is 4.06. The van der Waals surface area contributed by atoms with Crippen molar-refractivity contribution in [2.45, 2.75) is 31.5 Å². The van der Waals surface area contributed by atoms with Crippen LogP contribution in [0.1, 0.15) is 29.5 Å². The van der Waals surface area contributed by atoms with Crippen LogP contribution in [0.2, 0.25) is 0 Å². The van der Waals surface area contributed by atoms with Gasteiger partial charge in [-0.1, -0.05) is 18.2 Å². The van der Waals surface area contributed by atoms with Crippen LogP contribution in [0.4, 0.5) is 18.9 Å². The van der Waals surface area contributed by atoms with Gasteiger partial charge in [0.1, 0.15) is 5.75 Å². The van der Waals surface area contributed by atoms with Crippen LogP contribution in [0.5, 0.6) is 5.75 Å². The molecule has 0 saturated heterocycles. The normalized spacial score (nSPS) is 18.1. The van der Waals surface area contributed by atoms with E-state index in [1.54, 1.807) is 38.4 Å². The molecular weight excluding hydrogens is 473 g/mol. The highest BCUT2D eigenvalue weighted by Crippen LogP contribution is 2.43. The predicted octanol–water partition coefficient (Wildman–Crippen LogP) is 4.30. The second-order valence-corrected chi connectivity index (χ2v) is 8.21. The first kappa shape index (κ1) is 27.5. The molecule has 186 valence electrons. The third kappa shape index (κ3) is 6.01. The molecule has 2 aromatic rings. The van der Waals surface area contributed by atoms with E-state index in [0.29, 0.717) is 17.9 Å². The molecule has 1 aliphatic heterocycles. The van der Waals surface area contributed by atoms with Crippen LogP contribution in [-0.4, -0.2) is 57.2 Å². The van der Waals surface area contributed by atoms with Gasteiger partial charge in [-0.25, -0.2) is 0 Å². The van der Waals surface area contributed by atoms with Crippen molar-refractivity contribution in [1.82, 2.24) is 4.90 Å². The van der Waals surface area contributed by atoms with E-state index < -0.39 is 35.6 Å². The van der Waals surface area contributed by atoms with Crippen molar-refractivity contribution >= 4 is 30.0 Å². The fraction of sp³-hybridized carbons (Fsp3) is 0.417. The fourth-order valence-corrected chi connectivity index (χ4v) is 4.06. The molecule has 2 aromatic carbocycles. The van der Waals surface area contributed by atoms with Crippen LogP contribution in [0.3, 0.4) is 0 Å². The standard InChI is InChI=1S/C24H27F3N2O4.ClH/c1-15(30)33-22-18(16-8-10-17(32-4)11-9-16)14-19-20(24(25,26)27)6-5-7-21(19)29(23(22)31)13-12-28(2)3;/h5-11,18,22H,12-14H2,1-4H3;1H. The van der Waals surface area contributed by atoms with Crippen molar-refractivity contribution < 1.29 is 32.2 Å². The largest absolute Gasteiger partial charge is 0.497 e. The van der Waals surface area contributed by atoms with Crippen LogP contribution in [-0.2, 0) is 26.9 Å². The van der Waals surface area contributed by atoms with Gasteiger partial charge in [-0.05, 0) is 55.9 Å². The summed E-state index contributed by atoms with van der Waals surface area (Å²) in [7, 11) is 5.11. The molecule has 0 spiro atoms. The van der Waals surface area contributed by atoms with Gasteiger partial charge in [0.05, 0.1) is 12.7 Å². The van der Waals surface area contributed by atoms with Crippen molar-refractivity contribution in [3.63, 3.8) is 0 Å². The minimum atomic E-state index is -4.60. The lowest BCUT2D eigenvalue weighted by atomic mass is 9.86. The number of methoxy groups -OCH3 is 1. The topological polar surface area (TPSA) is 59.1 Å². The smallest absolute Gasteiger partial charge is 0.416 e. The molecule has 2 unspecified atom stereocenters.